The van der Waals surface area contributed by atoms with E-state index in [9.17, 15) is 13.2 Å². The summed E-state index contributed by atoms with van der Waals surface area (Å²) in [4.78, 5) is 13.0. The van der Waals surface area contributed by atoms with Crippen molar-refractivity contribution in [2.24, 2.45) is 0 Å². The third kappa shape index (κ3) is 4.67. The van der Waals surface area contributed by atoms with E-state index in [1.807, 2.05) is 18.2 Å². The van der Waals surface area contributed by atoms with Crippen LogP contribution in [-0.2, 0) is 21.2 Å². The minimum atomic E-state index is -3.73. The molecule has 2 aromatic carbocycles. The Morgan fingerprint density at radius 1 is 1.28 bits per heavy atom. The quantitative estimate of drug-likeness (QED) is 0.749. The highest BCUT2D eigenvalue weighted by Crippen LogP contribution is 2.32. The van der Waals surface area contributed by atoms with Crippen LogP contribution in [0.2, 0.25) is 5.02 Å². The molecule has 1 aliphatic carbocycles. The first-order valence-electron chi connectivity index (χ1n) is 9.43. The molecule has 0 radical (unpaired) electrons. The second-order valence-corrected chi connectivity index (χ2v) is 9.47. The molecule has 0 fully saturated rings. The van der Waals surface area contributed by atoms with Gasteiger partial charge in [-0.1, -0.05) is 35.9 Å². The Morgan fingerprint density at radius 2 is 2.00 bits per heavy atom. The third-order valence-electron chi connectivity index (χ3n) is 5.16. The number of anilines is 1. The largest absolute Gasteiger partial charge is 0.495 e. The summed E-state index contributed by atoms with van der Waals surface area (Å²) < 4.78 is 31.2. The minimum absolute atomic E-state index is 0.129. The van der Waals surface area contributed by atoms with Crippen molar-refractivity contribution in [3.8, 4) is 5.75 Å². The molecule has 1 aliphatic rings. The summed E-state index contributed by atoms with van der Waals surface area (Å²) in [5.74, 6) is 0.0730. The zero-order chi connectivity index (χ0) is 21.2. The van der Waals surface area contributed by atoms with E-state index in [2.05, 4.69) is 11.4 Å². The highest BCUT2D eigenvalue weighted by atomic mass is 35.5. The Hall–Kier alpha value is -2.25. The van der Waals surface area contributed by atoms with Gasteiger partial charge >= 0.3 is 0 Å². The summed E-state index contributed by atoms with van der Waals surface area (Å²) in [6.45, 7) is 1.57. The van der Waals surface area contributed by atoms with Crippen LogP contribution in [0, 0.1) is 0 Å². The first-order chi connectivity index (χ1) is 13.7. The first kappa shape index (κ1) is 21.5. The van der Waals surface area contributed by atoms with Gasteiger partial charge in [0.25, 0.3) is 0 Å². The zero-order valence-corrected chi connectivity index (χ0v) is 18.3. The Kier molecular flexibility index (Phi) is 6.39. The molecule has 2 atom stereocenters. The molecule has 0 saturated carbocycles. The van der Waals surface area contributed by atoms with Gasteiger partial charge in [-0.15, -0.1) is 0 Å². The van der Waals surface area contributed by atoms with Crippen molar-refractivity contribution in [1.29, 1.82) is 0 Å². The number of halogens is 1. The molecule has 0 saturated heterocycles. The van der Waals surface area contributed by atoms with Crippen LogP contribution in [-0.4, -0.2) is 33.7 Å². The maximum atomic E-state index is 13.0. The van der Waals surface area contributed by atoms with Crippen LogP contribution in [0.1, 0.15) is 36.9 Å². The highest BCUT2D eigenvalue weighted by molar-refractivity contribution is 7.92. The van der Waals surface area contributed by atoms with Crippen molar-refractivity contribution in [1.82, 2.24) is 5.32 Å². The number of aryl methyl sites for hydroxylation is 1. The summed E-state index contributed by atoms with van der Waals surface area (Å²) in [7, 11) is -2.25. The van der Waals surface area contributed by atoms with Gasteiger partial charge in [-0.2, -0.15) is 0 Å². The number of fused-ring (bicyclic) bond motifs is 1. The van der Waals surface area contributed by atoms with Gasteiger partial charge in [0.2, 0.25) is 15.9 Å². The number of amides is 1. The number of carbonyl (C=O) groups is 1. The topological polar surface area (TPSA) is 75.7 Å². The van der Waals surface area contributed by atoms with Gasteiger partial charge in [-0.25, -0.2) is 8.42 Å². The van der Waals surface area contributed by atoms with E-state index in [0.29, 0.717) is 11.4 Å². The lowest BCUT2D eigenvalue weighted by atomic mass is 9.87. The summed E-state index contributed by atoms with van der Waals surface area (Å²) in [5.41, 5.74) is 2.63. The number of methoxy groups -OCH3 is 1. The molecule has 0 aromatic heterocycles. The number of nitrogens with one attached hydrogen (secondary N) is 1. The second kappa shape index (κ2) is 8.63. The van der Waals surface area contributed by atoms with Gasteiger partial charge in [0.1, 0.15) is 11.8 Å². The summed E-state index contributed by atoms with van der Waals surface area (Å²) in [5, 5.41) is 3.30. The predicted molar refractivity (Wildman–Crippen MR) is 115 cm³/mol. The van der Waals surface area contributed by atoms with Crippen LogP contribution in [0.25, 0.3) is 0 Å². The lowest BCUT2D eigenvalue weighted by molar-refractivity contribution is -0.122. The number of sulfonamides is 1. The molecule has 0 aliphatic heterocycles. The van der Waals surface area contributed by atoms with Crippen LogP contribution in [0.4, 0.5) is 5.69 Å². The molecular weight excluding hydrogens is 412 g/mol. The lowest BCUT2D eigenvalue weighted by Crippen LogP contribution is -2.49. The van der Waals surface area contributed by atoms with Crippen molar-refractivity contribution in [3.63, 3.8) is 0 Å². The van der Waals surface area contributed by atoms with E-state index in [0.717, 1.165) is 35.4 Å². The Bertz CT molecular complexity index is 1010. The van der Waals surface area contributed by atoms with E-state index in [1.165, 1.54) is 18.7 Å². The summed E-state index contributed by atoms with van der Waals surface area (Å²) >= 11 is 6.17. The molecule has 3 rings (SSSR count). The Balaban J connectivity index is 1.86. The van der Waals surface area contributed by atoms with E-state index in [-0.39, 0.29) is 17.0 Å². The van der Waals surface area contributed by atoms with Gasteiger partial charge in [-0.05, 0) is 55.5 Å². The average molecular weight is 437 g/mol. The van der Waals surface area contributed by atoms with Crippen LogP contribution in [0.3, 0.4) is 0 Å². The van der Waals surface area contributed by atoms with Crippen LogP contribution < -0.4 is 14.4 Å². The maximum absolute atomic E-state index is 13.0. The van der Waals surface area contributed by atoms with Crippen LogP contribution in [0.5, 0.6) is 5.75 Å². The van der Waals surface area contributed by atoms with Gasteiger partial charge in [-0.3, -0.25) is 9.10 Å². The van der Waals surface area contributed by atoms with Gasteiger partial charge in [0.05, 0.1) is 30.1 Å². The average Bonchev–Trinajstić information content (AvgIpc) is 2.67. The number of benzene rings is 2. The number of hydrogen-bond donors (Lipinski definition) is 1. The molecule has 1 N–H and O–H groups in total. The van der Waals surface area contributed by atoms with Gasteiger partial charge in [0.15, 0.2) is 0 Å². The molecule has 29 heavy (non-hydrogen) atoms. The normalized spacial score (nSPS) is 17.2. The molecule has 6 nitrogen and oxygen atoms in total. The van der Waals surface area contributed by atoms with E-state index >= 15 is 0 Å². The standard InChI is InChI=1S/C21H25ClN2O4S/c1-14(21(25)23-19-10-6-8-15-7-4-5-9-17(15)19)24(29(3,26)27)16-11-12-20(28-2)18(22)13-16/h4-5,7,9,11-14,19H,6,8,10H2,1-3H3,(H,23,25)/t14-,19+/m1/s1. The highest BCUT2D eigenvalue weighted by Gasteiger charge is 2.31. The fourth-order valence-corrected chi connectivity index (χ4v) is 5.22. The molecule has 0 spiro atoms. The smallest absolute Gasteiger partial charge is 0.244 e. The van der Waals surface area contributed by atoms with E-state index in [4.69, 9.17) is 16.3 Å². The molecule has 0 unspecified atom stereocenters. The Labute approximate surface area is 176 Å². The molecule has 1 amide bonds. The predicted octanol–water partition coefficient (Wildman–Crippen LogP) is 3.70. The lowest BCUT2D eigenvalue weighted by Gasteiger charge is -2.32. The maximum Gasteiger partial charge on any atom is 0.244 e. The SMILES string of the molecule is COc1ccc(N([C@H](C)C(=O)N[C@H]2CCCc3ccccc32)S(C)(=O)=O)cc1Cl. The first-order valence-corrected chi connectivity index (χ1v) is 11.7. The fourth-order valence-electron chi connectivity index (χ4n) is 3.80. The van der Waals surface area contributed by atoms with Crippen molar-refractivity contribution in [2.75, 3.05) is 17.7 Å². The summed E-state index contributed by atoms with van der Waals surface area (Å²) in [6.07, 6.45) is 3.85. The molecule has 0 bridgehead atoms. The van der Waals surface area contributed by atoms with E-state index in [1.54, 1.807) is 19.1 Å². The van der Waals surface area contributed by atoms with Crippen molar-refractivity contribution in [2.45, 2.75) is 38.3 Å². The number of ether oxygens (including phenoxy) is 1. The summed E-state index contributed by atoms with van der Waals surface area (Å²) in [6, 6.07) is 11.6. The molecule has 0 heterocycles. The fraction of sp³-hybridized carbons (Fsp3) is 0.381. The third-order valence-corrected chi connectivity index (χ3v) is 6.70. The van der Waals surface area contributed by atoms with Crippen molar-refractivity contribution >= 4 is 33.2 Å². The van der Waals surface area contributed by atoms with E-state index < -0.39 is 16.1 Å². The number of carbonyl (C=O) groups excluding carboxylic acids is 1. The minimum Gasteiger partial charge on any atom is -0.495 e. The molecule has 156 valence electrons. The molecular formula is C21H25ClN2O4S. The van der Waals surface area contributed by atoms with Crippen LogP contribution in [0.15, 0.2) is 42.5 Å². The molecule has 2 aromatic rings. The second-order valence-electron chi connectivity index (χ2n) is 7.21. The Morgan fingerprint density at radius 3 is 2.66 bits per heavy atom. The van der Waals surface area contributed by atoms with Crippen molar-refractivity contribution < 1.29 is 17.9 Å². The number of hydrogen-bond acceptors (Lipinski definition) is 4. The van der Waals surface area contributed by atoms with Gasteiger partial charge in [0, 0.05) is 0 Å². The number of rotatable bonds is 6. The van der Waals surface area contributed by atoms with Crippen molar-refractivity contribution in [3.05, 3.63) is 58.6 Å². The zero-order valence-electron chi connectivity index (χ0n) is 16.7. The number of nitrogens with zero attached hydrogens (tertiary/aromatic N) is 1. The van der Waals surface area contributed by atoms with Gasteiger partial charge < -0.3 is 10.1 Å². The molecule has 8 heteroatoms. The van der Waals surface area contributed by atoms with Crippen LogP contribution >= 0.6 is 11.6 Å². The monoisotopic (exact) mass is 436 g/mol.